The van der Waals surface area contributed by atoms with Crippen molar-refractivity contribution < 1.29 is 0 Å². The molecule has 110 valence electrons. The van der Waals surface area contributed by atoms with E-state index in [0.717, 1.165) is 18.1 Å². The molecule has 0 aromatic rings. The summed E-state index contributed by atoms with van der Waals surface area (Å²) < 4.78 is 0. The van der Waals surface area contributed by atoms with E-state index in [9.17, 15) is 0 Å². The van der Waals surface area contributed by atoms with Crippen molar-refractivity contribution in [3.63, 3.8) is 0 Å². The predicted molar refractivity (Wildman–Crippen MR) is 81.4 cm³/mol. The maximum atomic E-state index is 3.75. The van der Waals surface area contributed by atoms with Gasteiger partial charge in [-0.05, 0) is 56.9 Å². The van der Waals surface area contributed by atoms with E-state index < -0.39 is 0 Å². The second-order valence-corrected chi connectivity index (χ2v) is 7.99. The van der Waals surface area contributed by atoms with Crippen molar-refractivity contribution >= 4 is 0 Å². The minimum atomic E-state index is 0.579. The first kappa shape index (κ1) is 13.9. The van der Waals surface area contributed by atoms with Crippen molar-refractivity contribution in [2.24, 2.45) is 5.41 Å². The molecule has 1 saturated heterocycles. The summed E-state index contributed by atoms with van der Waals surface area (Å²) in [6.45, 7) is 7.52. The van der Waals surface area contributed by atoms with Crippen molar-refractivity contribution in [1.29, 1.82) is 0 Å². The number of rotatable bonds is 4. The molecule has 0 amide bonds. The van der Waals surface area contributed by atoms with E-state index in [2.05, 4.69) is 24.1 Å². The summed E-state index contributed by atoms with van der Waals surface area (Å²) in [5.74, 6) is 0. The molecule has 3 fully saturated rings. The van der Waals surface area contributed by atoms with E-state index in [1.807, 2.05) is 0 Å². The number of piperidine rings is 1. The van der Waals surface area contributed by atoms with Crippen LogP contribution >= 0.6 is 0 Å². The van der Waals surface area contributed by atoms with E-state index in [4.69, 9.17) is 0 Å². The minimum absolute atomic E-state index is 0.579. The highest BCUT2D eigenvalue weighted by atomic mass is 15.2. The van der Waals surface area contributed by atoms with Crippen LogP contribution in [0.15, 0.2) is 0 Å². The molecule has 2 atom stereocenters. The SMILES string of the molecule is CC1(C)CCCC(N(CC2CCCCN2)C2CC2)C1. The average molecular weight is 264 g/mol. The van der Waals surface area contributed by atoms with Gasteiger partial charge in [0, 0.05) is 24.7 Å². The zero-order chi connectivity index (χ0) is 13.3. The fraction of sp³-hybridized carbons (Fsp3) is 1.00. The highest BCUT2D eigenvalue weighted by molar-refractivity contribution is 4.95. The lowest BCUT2D eigenvalue weighted by atomic mass is 9.74. The lowest BCUT2D eigenvalue weighted by Crippen LogP contribution is -2.50. The lowest BCUT2D eigenvalue weighted by molar-refractivity contribution is 0.0766. The van der Waals surface area contributed by atoms with Crippen LogP contribution < -0.4 is 5.32 Å². The zero-order valence-corrected chi connectivity index (χ0v) is 13.0. The van der Waals surface area contributed by atoms with Gasteiger partial charge < -0.3 is 5.32 Å². The molecule has 2 nitrogen and oxygen atoms in total. The van der Waals surface area contributed by atoms with Gasteiger partial charge in [-0.1, -0.05) is 26.7 Å². The van der Waals surface area contributed by atoms with Crippen molar-refractivity contribution in [3.8, 4) is 0 Å². The Kier molecular flexibility index (Phi) is 4.19. The van der Waals surface area contributed by atoms with Crippen LogP contribution in [0.1, 0.15) is 71.6 Å². The summed E-state index contributed by atoms with van der Waals surface area (Å²) in [4.78, 5) is 2.91. The molecular formula is C17H32N2. The Balaban J connectivity index is 1.60. The second-order valence-electron chi connectivity index (χ2n) is 7.99. The van der Waals surface area contributed by atoms with Gasteiger partial charge in [-0.15, -0.1) is 0 Å². The summed E-state index contributed by atoms with van der Waals surface area (Å²) in [6.07, 6.45) is 12.9. The molecule has 1 heterocycles. The van der Waals surface area contributed by atoms with Gasteiger partial charge >= 0.3 is 0 Å². The maximum absolute atomic E-state index is 3.75. The molecule has 2 saturated carbocycles. The zero-order valence-electron chi connectivity index (χ0n) is 13.0. The Labute approximate surface area is 119 Å². The van der Waals surface area contributed by atoms with Crippen LogP contribution in [-0.4, -0.2) is 36.1 Å². The Bertz CT molecular complexity index is 290. The molecule has 3 aliphatic rings. The molecule has 2 aliphatic carbocycles. The second kappa shape index (κ2) is 5.73. The molecule has 0 bridgehead atoms. The van der Waals surface area contributed by atoms with Gasteiger partial charge in [0.15, 0.2) is 0 Å². The van der Waals surface area contributed by atoms with E-state index in [1.54, 1.807) is 0 Å². The molecule has 0 aromatic heterocycles. The van der Waals surface area contributed by atoms with Gasteiger partial charge in [0.05, 0.1) is 0 Å². The third-order valence-corrected chi connectivity index (χ3v) is 5.51. The van der Waals surface area contributed by atoms with Crippen LogP contribution in [0, 0.1) is 5.41 Å². The van der Waals surface area contributed by atoms with Gasteiger partial charge in [-0.2, -0.15) is 0 Å². The maximum Gasteiger partial charge on any atom is 0.0195 e. The third-order valence-electron chi connectivity index (χ3n) is 5.51. The summed E-state index contributed by atoms with van der Waals surface area (Å²) in [5, 5.41) is 3.75. The number of nitrogens with zero attached hydrogens (tertiary/aromatic N) is 1. The summed E-state index contributed by atoms with van der Waals surface area (Å²) in [7, 11) is 0. The molecule has 0 aromatic carbocycles. The number of hydrogen-bond acceptors (Lipinski definition) is 2. The van der Waals surface area contributed by atoms with Gasteiger partial charge in [0.25, 0.3) is 0 Å². The lowest BCUT2D eigenvalue weighted by Gasteiger charge is -2.43. The normalized spacial score (nSPS) is 35.5. The smallest absolute Gasteiger partial charge is 0.0195 e. The van der Waals surface area contributed by atoms with Gasteiger partial charge in [-0.25, -0.2) is 0 Å². The Hall–Kier alpha value is -0.0800. The third kappa shape index (κ3) is 3.72. The molecule has 2 heteroatoms. The number of hydrogen-bond donors (Lipinski definition) is 1. The molecule has 1 aliphatic heterocycles. The van der Waals surface area contributed by atoms with Crippen LogP contribution in [0.25, 0.3) is 0 Å². The fourth-order valence-corrected chi connectivity index (χ4v) is 4.28. The standard InChI is InChI=1S/C17H32N2/c1-17(2)10-5-7-16(12-17)19(15-8-9-15)13-14-6-3-4-11-18-14/h14-16,18H,3-13H2,1-2H3. The average Bonchev–Trinajstić information content (AvgIpc) is 3.20. The molecule has 0 radical (unpaired) electrons. The van der Waals surface area contributed by atoms with Crippen molar-refractivity contribution in [1.82, 2.24) is 10.2 Å². The first-order valence-electron chi connectivity index (χ1n) is 8.63. The monoisotopic (exact) mass is 264 g/mol. The fourth-order valence-electron chi connectivity index (χ4n) is 4.28. The van der Waals surface area contributed by atoms with Crippen LogP contribution in [0.5, 0.6) is 0 Å². The van der Waals surface area contributed by atoms with Gasteiger partial charge in [0.2, 0.25) is 0 Å². The Morgan fingerprint density at radius 2 is 1.84 bits per heavy atom. The van der Waals surface area contributed by atoms with E-state index in [1.165, 1.54) is 70.9 Å². The quantitative estimate of drug-likeness (QED) is 0.835. The molecular weight excluding hydrogens is 232 g/mol. The molecule has 19 heavy (non-hydrogen) atoms. The Morgan fingerprint density at radius 1 is 1.00 bits per heavy atom. The molecule has 0 spiro atoms. The molecule has 3 rings (SSSR count). The first-order chi connectivity index (χ1) is 9.14. The predicted octanol–water partition coefficient (Wildman–Crippen LogP) is 3.56. The summed E-state index contributed by atoms with van der Waals surface area (Å²) >= 11 is 0. The van der Waals surface area contributed by atoms with Crippen molar-refractivity contribution in [3.05, 3.63) is 0 Å². The molecule has 2 unspecified atom stereocenters. The minimum Gasteiger partial charge on any atom is -0.313 e. The van der Waals surface area contributed by atoms with Crippen LogP contribution in [0.2, 0.25) is 0 Å². The van der Waals surface area contributed by atoms with E-state index in [0.29, 0.717) is 5.41 Å². The topological polar surface area (TPSA) is 15.3 Å². The summed E-state index contributed by atoms with van der Waals surface area (Å²) in [6, 6.07) is 2.59. The summed E-state index contributed by atoms with van der Waals surface area (Å²) in [5.41, 5.74) is 0.579. The Morgan fingerprint density at radius 3 is 2.47 bits per heavy atom. The van der Waals surface area contributed by atoms with Crippen molar-refractivity contribution in [2.75, 3.05) is 13.1 Å². The van der Waals surface area contributed by atoms with Crippen LogP contribution in [0.3, 0.4) is 0 Å². The molecule has 1 N–H and O–H groups in total. The van der Waals surface area contributed by atoms with Crippen LogP contribution in [-0.2, 0) is 0 Å². The largest absolute Gasteiger partial charge is 0.313 e. The highest BCUT2D eigenvalue weighted by Gasteiger charge is 2.39. The number of nitrogens with one attached hydrogen (secondary N) is 1. The van der Waals surface area contributed by atoms with Gasteiger partial charge in [0.1, 0.15) is 0 Å². The van der Waals surface area contributed by atoms with E-state index >= 15 is 0 Å². The van der Waals surface area contributed by atoms with Gasteiger partial charge in [-0.3, -0.25) is 4.90 Å². The van der Waals surface area contributed by atoms with E-state index in [-0.39, 0.29) is 0 Å². The van der Waals surface area contributed by atoms with Crippen LogP contribution in [0.4, 0.5) is 0 Å². The van der Waals surface area contributed by atoms with Crippen molar-refractivity contribution in [2.45, 2.75) is 89.8 Å². The highest BCUT2D eigenvalue weighted by Crippen LogP contribution is 2.41. The first-order valence-corrected chi connectivity index (χ1v) is 8.63.